The van der Waals surface area contributed by atoms with E-state index in [4.69, 9.17) is 4.42 Å². The van der Waals surface area contributed by atoms with E-state index in [9.17, 15) is 4.79 Å². The van der Waals surface area contributed by atoms with Gasteiger partial charge in [0.05, 0.1) is 5.52 Å². The molecule has 2 aromatic heterocycles. The molecule has 2 N–H and O–H groups in total. The number of nitrogens with zero attached hydrogens (tertiary/aromatic N) is 3. The molecule has 0 fully saturated rings. The summed E-state index contributed by atoms with van der Waals surface area (Å²) in [6.45, 7) is 0. The lowest BCUT2D eigenvalue weighted by Gasteiger charge is -1.99. The Labute approximate surface area is 92.3 Å². The van der Waals surface area contributed by atoms with Gasteiger partial charge in [-0.05, 0) is 17.3 Å². The number of aromatic nitrogens is 4. The lowest BCUT2D eigenvalue weighted by molar-refractivity contribution is 0.555. The molecule has 16 heavy (non-hydrogen) atoms. The number of hydrogen-bond acceptors (Lipinski definition) is 7. The molecular formula is C8H5N5O2S. The Morgan fingerprint density at radius 1 is 1.44 bits per heavy atom. The molecular weight excluding hydrogens is 230 g/mol. The number of aromatic amines is 1. The minimum Gasteiger partial charge on any atom is -0.408 e. The first-order valence-electron chi connectivity index (χ1n) is 4.36. The zero-order valence-electron chi connectivity index (χ0n) is 7.80. The summed E-state index contributed by atoms with van der Waals surface area (Å²) in [5.41, 5.74) is 1.91. The molecule has 0 saturated carbocycles. The average Bonchev–Trinajstić information content (AvgIpc) is 2.85. The van der Waals surface area contributed by atoms with Crippen molar-refractivity contribution in [3.63, 3.8) is 0 Å². The van der Waals surface area contributed by atoms with Crippen LogP contribution < -0.4 is 11.1 Å². The molecule has 3 rings (SSSR count). The van der Waals surface area contributed by atoms with Crippen LogP contribution in [0.5, 0.6) is 0 Å². The van der Waals surface area contributed by atoms with Crippen LogP contribution in [0.3, 0.4) is 0 Å². The Morgan fingerprint density at radius 2 is 2.38 bits per heavy atom. The van der Waals surface area contributed by atoms with E-state index in [1.807, 2.05) is 0 Å². The van der Waals surface area contributed by atoms with Crippen molar-refractivity contribution >= 4 is 33.5 Å². The van der Waals surface area contributed by atoms with Gasteiger partial charge < -0.3 is 9.73 Å². The van der Waals surface area contributed by atoms with Crippen molar-refractivity contribution in [2.45, 2.75) is 0 Å². The Morgan fingerprint density at radius 3 is 3.19 bits per heavy atom. The van der Waals surface area contributed by atoms with Gasteiger partial charge in [-0.25, -0.2) is 4.79 Å². The zero-order chi connectivity index (χ0) is 11.0. The molecule has 0 radical (unpaired) electrons. The van der Waals surface area contributed by atoms with Crippen LogP contribution in [0.25, 0.3) is 11.1 Å². The lowest BCUT2D eigenvalue weighted by Crippen LogP contribution is -1.92. The average molecular weight is 235 g/mol. The molecule has 7 nitrogen and oxygen atoms in total. The van der Waals surface area contributed by atoms with Gasteiger partial charge in [0.25, 0.3) is 0 Å². The first-order chi connectivity index (χ1) is 7.81. The van der Waals surface area contributed by atoms with Crippen molar-refractivity contribution in [2.75, 3.05) is 5.32 Å². The quantitative estimate of drug-likeness (QED) is 0.690. The Kier molecular flexibility index (Phi) is 1.93. The Balaban J connectivity index is 2.01. The van der Waals surface area contributed by atoms with Crippen LogP contribution >= 0.6 is 11.5 Å². The summed E-state index contributed by atoms with van der Waals surface area (Å²) in [4.78, 5) is 13.5. The molecule has 0 aliphatic rings. The van der Waals surface area contributed by atoms with E-state index in [1.165, 1.54) is 0 Å². The van der Waals surface area contributed by atoms with E-state index in [2.05, 4.69) is 25.1 Å². The normalized spacial score (nSPS) is 10.8. The summed E-state index contributed by atoms with van der Waals surface area (Å²) in [6.07, 6.45) is 0. The minimum absolute atomic E-state index is 0.468. The highest BCUT2D eigenvalue weighted by molar-refractivity contribution is 7.09. The van der Waals surface area contributed by atoms with Crippen LogP contribution in [0.4, 0.5) is 10.8 Å². The fraction of sp³-hybridized carbons (Fsp3) is 0. The van der Waals surface area contributed by atoms with Crippen LogP contribution in [0.2, 0.25) is 0 Å². The second-order valence-corrected chi connectivity index (χ2v) is 3.75. The van der Waals surface area contributed by atoms with Gasteiger partial charge >= 0.3 is 5.76 Å². The summed E-state index contributed by atoms with van der Waals surface area (Å²) in [7, 11) is 0. The maximum absolute atomic E-state index is 10.9. The molecule has 0 aliphatic carbocycles. The SMILES string of the molecule is O=c1[nH]c2ccc(Nc3nnns3)cc2o1. The number of fused-ring (bicyclic) bond motifs is 1. The fourth-order valence-corrected chi connectivity index (χ4v) is 1.72. The van der Waals surface area contributed by atoms with Crippen LogP contribution in [-0.4, -0.2) is 19.8 Å². The molecule has 8 heteroatoms. The largest absolute Gasteiger partial charge is 0.417 e. The molecule has 0 spiro atoms. The molecule has 80 valence electrons. The van der Waals surface area contributed by atoms with E-state index >= 15 is 0 Å². The Hall–Kier alpha value is -2.22. The maximum Gasteiger partial charge on any atom is 0.417 e. The topological polar surface area (TPSA) is 96.7 Å². The second kappa shape index (κ2) is 3.42. The molecule has 0 unspecified atom stereocenters. The van der Waals surface area contributed by atoms with Crippen molar-refractivity contribution < 1.29 is 4.42 Å². The molecule has 0 bridgehead atoms. The number of hydrogen-bond donors (Lipinski definition) is 2. The molecule has 2 heterocycles. The molecule has 3 aromatic rings. The number of benzene rings is 1. The van der Waals surface area contributed by atoms with Crippen LogP contribution in [0.1, 0.15) is 0 Å². The van der Waals surface area contributed by atoms with Crippen LogP contribution in [0, 0.1) is 0 Å². The van der Waals surface area contributed by atoms with Crippen LogP contribution in [0.15, 0.2) is 27.4 Å². The van der Waals surface area contributed by atoms with E-state index in [0.717, 1.165) is 17.2 Å². The first-order valence-corrected chi connectivity index (χ1v) is 5.13. The molecule has 0 aliphatic heterocycles. The zero-order valence-corrected chi connectivity index (χ0v) is 8.61. The Bertz CT molecular complexity index is 671. The van der Waals surface area contributed by atoms with E-state index < -0.39 is 5.76 Å². The van der Waals surface area contributed by atoms with Gasteiger partial charge in [0.15, 0.2) is 5.58 Å². The second-order valence-electron chi connectivity index (χ2n) is 3.02. The maximum atomic E-state index is 10.9. The van der Waals surface area contributed by atoms with Crippen molar-refractivity contribution in [2.24, 2.45) is 0 Å². The monoisotopic (exact) mass is 235 g/mol. The number of rotatable bonds is 2. The number of nitrogens with one attached hydrogen (secondary N) is 2. The van der Waals surface area contributed by atoms with Crippen molar-refractivity contribution in [1.29, 1.82) is 0 Å². The van der Waals surface area contributed by atoms with E-state index in [1.54, 1.807) is 18.2 Å². The summed E-state index contributed by atoms with van der Waals surface area (Å²) >= 11 is 1.14. The highest BCUT2D eigenvalue weighted by atomic mass is 32.1. The van der Waals surface area contributed by atoms with Gasteiger partial charge in [0, 0.05) is 23.3 Å². The van der Waals surface area contributed by atoms with Gasteiger partial charge in [-0.15, -0.1) is 0 Å². The third-order valence-corrected chi connectivity index (χ3v) is 2.48. The first kappa shape index (κ1) is 9.04. The smallest absolute Gasteiger partial charge is 0.408 e. The highest BCUT2D eigenvalue weighted by Crippen LogP contribution is 2.20. The number of anilines is 2. The van der Waals surface area contributed by atoms with E-state index in [0.29, 0.717) is 16.2 Å². The van der Waals surface area contributed by atoms with E-state index in [-0.39, 0.29) is 0 Å². The highest BCUT2D eigenvalue weighted by Gasteiger charge is 2.03. The third kappa shape index (κ3) is 1.54. The van der Waals surface area contributed by atoms with Crippen LogP contribution in [-0.2, 0) is 0 Å². The number of H-pyrrole nitrogens is 1. The summed E-state index contributed by atoms with van der Waals surface area (Å²) in [6, 6.07) is 5.25. The summed E-state index contributed by atoms with van der Waals surface area (Å²) < 4.78 is 8.55. The predicted molar refractivity (Wildman–Crippen MR) is 57.8 cm³/mol. The minimum atomic E-state index is -0.468. The molecule has 0 saturated heterocycles. The standard InChI is InChI=1S/C8H5N5O2S/c14-8-10-5-2-1-4(3-6(5)15-8)9-7-11-12-13-16-7/h1-3H,(H,10,14)(H,9,11,13). The van der Waals surface area contributed by atoms with Gasteiger partial charge in [0.1, 0.15) is 0 Å². The lowest BCUT2D eigenvalue weighted by atomic mass is 10.3. The van der Waals surface area contributed by atoms with Gasteiger partial charge in [-0.3, -0.25) is 4.98 Å². The summed E-state index contributed by atoms with van der Waals surface area (Å²) in [5, 5.41) is 10.8. The van der Waals surface area contributed by atoms with Crippen molar-refractivity contribution in [3.8, 4) is 0 Å². The van der Waals surface area contributed by atoms with Gasteiger partial charge in [-0.2, -0.15) is 0 Å². The number of oxazole rings is 1. The third-order valence-electron chi connectivity index (χ3n) is 1.97. The molecule has 0 amide bonds. The molecule has 1 aromatic carbocycles. The van der Waals surface area contributed by atoms with Crippen molar-refractivity contribution in [3.05, 3.63) is 28.7 Å². The molecule has 0 atom stereocenters. The van der Waals surface area contributed by atoms with Crippen molar-refractivity contribution in [1.82, 2.24) is 19.8 Å². The predicted octanol–water partition coefficient (Wildman–Crippen LogP) is 1.11. The fourth-order valence-electron chi connectivity index (χ4n) is 1.33. The van der Waals surface area contributed by atoms with Gasteiger partial charge in [-0.1, -0.05) is 9.59 Å². The summed E-state index contributed by atoms with van der Waals surface area (Å²) in [5.74, 6) is -0.468. The van der Waals surface area contributed by atoms with Gasteiger partial charge in [0.2, 0.25) is 5.13 Å².